The molecule has 0 amide bonds. The van der Waals surface area contributed by atoms with Gasteiger partial charge in [0.15, 0.2) is 0 Å². The van der Waals surface area contributed by atoms with Gasteiger partial charge >= 0.3 is 6.18 Å². The van der Waals surface area contributed by atoms with Gasteiger partial charge in [-0.3, -0.25) is 4.90 Å². The average Bonchev–Trinajstić information content (AvgIpc) is 2.46. The SMILES string of the molecule is C#CCN1CCC(/C=C/c2ccc(C(F)(F)F)cc2)CC1.Cl. The minimum atomic E-state index is -4.27. The van der Waals surface area contributed by atoms with Crippen molar-refractivity contribution in [1.29, 1.82) is 0 Å². The van der Waals surface area contributed by atoms with E-state index in [1.54, 1.807) is 0 Å². The van der Waals surface area contributed by atoms with Gasteiger partial charge in [-0.05, 0) is 49.5 Å². The number of nitrogens with zero attached hydrogens (tertiary/aromatic N) is 1. The van der Waals surface area contributed by atoms with E-state index >= 15 is 0 Å². The number of alkyl halides is 3. The fraction of sp³-hybridized carbons (Fsp3) is 0.412. The highest BCUT2D eigenvalue weighted by Gasteiger charge is 2.29. The second kappa shape index (κ2) is 8.26. The smallest absolute Gasteiger partial charge is 0.292 e. The van der Waals surface area contributed by atoms with Crippen LogP contribution in [0, 0.1) is 18.3 Å². The minimum Gasteiger partial charge on any atom is -0.292 e. The van der Waals surface area contributed by atoms with Crippen LogP contribution in [0.25, 0.3) is 6.08 Å². The summed E-state index contributed by atoms with van der Waals surface area (Å²) in [6, 6.07) is 5.25. The molecule has 1 fully saturated rings. The Labute approximate surface area is 135 Å². The molecule has 0 unspecified atom stereocenters. The van der Waals surface area contributed by atoms with Crippen LogP contribution < -0.4 is 0 Å². The van der Waals surface area contributed by atoms with E-state index in [0.717, 1.165) is 43.6 Å². The van der Waals surface area contributed by atoms with Crippen molar-refractivity contribution in [2.24, 2.45) is 5.92 Å². The molecule has 1 nitrogen and oxygen atoms in total. The molecule has 0 N–H and O–H groups in total. The zero-order chi connectivity index (χ0) is 15.3. The van der Waals surface area contributed by atoms with Crippen molar-refractivity contribution >= 4 is 18.5 Å². The lowest BCUT2D eigenvalue weighted by molar-refractivity contribution is -0.137. The van der Waals surface area contributed by atoms with Crippen molar-refractivity contribution in [2.45, 2.75) is 19.0 Å². The average molecular weight is 330 g/mol. The second-order valence-corrected chi connectivity index (χ2v) is 5.30. The summed E-state index contributed by atoms with van der Waals surface area (Å²) in [6.45, 7) is 2.65. The molecular formula is C17H19ClF3N. The zero-order valence-corrected chi connectivity index (χ0v) is 13.0. The molecule has 120 valence electrons. The van der Waals surface area contributed by atoms with E-state index in [1.165, 1.54) is 12.1 Å². The van der Waals surface area contributed by atoms with E-state index in [9.17, 15) is 13.2 Å². The Balaban J connectivity index is 0.00000242. The Morgan fingerprint density at radius 3 is 2.27 bits per heavy atom. The fourth-order valence-corrected chi connectivity index (χ4v) is 2.46. The second-order valence-electron chi connectivity index (χ2n) is 5.30. The molecule has 1 aliphatic heterocycles. The van der Waals surface area contributed by atoms with Gasteiger partial charge < -0.3 is 0 Å². The molecule has 2 rings (SSSR count). The van der Waals surface area contributed by atoms with Gasteiger partial charge in [-0.15, -0.1) is 18.8 Å². The predicted molar refractivity (Wildman–Crippen MR) is 85.7 cm³/mol. The third-order valence-corrected chi connectivity index (χ3v) is 3.75. The van der Waals surface area contributed by atoms with Crippen LogP contribution in [0.1, 0.15) is 24.0 Å². The first-order valence-electron chi connectivity index (χ1n) is 7.00. The van der Waals surface area contributed by atoms with Gasteiger partial charge in [-0.2, -0.15) is 13.2 Å². The zero-order valence-electron chi connectivity index (χ0n) is 12.1. The number of benzene rings is 1. The molecule has 0 saturated carbocycles. The Bertz CT molecular complexity index is 520. The summed E-state index contributed by atoms with van der Waals surface area (Å²) in [7, 11) is 0. The number of hydrogen-bond donors (Lipinski definition) is 0. The summed E-state index contributed by atoms with van der Waals surface area (Å²) in [6.07, 6.45) is 7.09. The third kappa shape index (κ3) is 5.40. The Hall–Kier alpha value is -1.44. The summed E-state index contributed by atoms with van der Waals surface area (Å²) in [5.41, 5.74) is 0.191. The quantitative estimate of drug-likeness (QED) is 0.739. The number of allylic oxidation sites excluding steroid dienone is 1. The Morgan fingerprint density at radius 1 is 1.18 bits per heavy atom. The van der Waals surface area contributed by atoms with Crippen molar-refractivity contribution in [2.75, 3.05) is 19.6 Å². The van der Waals surface area contributed by atoms with E-state index in [2.05, 4.69) is 16.9 Å². The number of halogens is 4. The lowest BCUT2D eigenvalue weighted by atomic mass is 9.95. The monoisotopic (exact) mass is 329 g/mol. The highest BCUT2D eigenvalue weighted by Crippen LogP contribution is 2.29. The Kier molecular flexibility index (Phi) is 6.99. The van der Waals surface area contributed by atoms with Crippen LogP contribution in [-0.2, 0) is 6.18 Å². The molecule has 0 bridgehead atoms. The topological polar surface area (TPSA) is 3.24 Å². The molecule has 22 heavy (non-hydrogen) atoms. The molecule has 0 aromatic heterocycles. The van der Waals surface area contributed by atoms with E-state index in [-0.39, 0.29) is 12.4 Å². The lowest BCUT2D eigenvalue weighted by Gasteiger charge is -2.28. The standard InChI is InChI=1S/C17H18F3N.ClH/c1-2-11-21-12-9-15(10-13-21)4-3-14-5-7-16(8-6-14)17(18,19)20;/h1,3-8,15H,9-13H2;1H/b4-3+;. The first kappa shape index (κ1) is 18.6. The number of terminal acetylenes is 1. The van der Waals surface area contributed by atoms with Gasteiger partial charge in [0.25, 0.3) is 0 Å². The van der Waals surface area contributed by atoms with Gasteiger partial charge in [0.2, 0.25) is 0 Å². The maximum Gasteiger partial charge on any atom is 0.416 e. The fourth-order valence-electron chi connectivity index (χ4n) is 2.46. The molecule has 0 atom stereocenters. The third-order valence-electron chi connectivity index (χ3n) is 3.75. The summed E-state index contributed by atoms with van der Waals surface area (Å²) in [5, 5.41) is 0. The molecule has 1 aromatic rings. The van der Waals surface area contributed by atoms with E-state index in [0.29, 0.717) is 12.5 Å². The van der Waals surface area contributed by atoms with Gasteiger partial charge in [0.1, 0.15) is 0 Å². The first-order chi connectivity index (χ1) is 9.99. The predicted octanol–water partition coefficient (Wildman–Crippen LogP) is 4.49. The normalized spacial score (nSPS) is 17.2. The molecule has 5 heteroatoms. The number of rotatable bonds is 3. The van der Waals surface area contributed by atoms with Crippen LogP contribution in [0.15, 0.2) is 30.3 Å². The van der Waals surface area contributed by atoms with Crippen LogP contribution in [0.5, 0.6) is 0 Å². The number of piperidine rings is 1. The van der Waals surface area contributed by atoms with E-state index in [1.807, 2.05) is 6.08 Å². The van der Waals surface area contributed by atoms with Crippen LogP contribution >= 0.6 is 12.4 Å². The van der Waals surface area contributed by atoms with Crippen LogP contribution in [0.3, 0.4) is 0 Å². The maximum absolute atomic E-state index is 12.5. The van der Waals surface area contributed by atoms with Crippen molar-refractivity contribution in [3.63, 3.8) is 0 Å². The molecule has 0 aliphatic carbocycles. The summed E-state index contributed by atoms with van der Waals surface area (Å²) in [5.74, 6) is 3.12. The summed E-state index contributed by atoms with van der Waals surface area (Å²) >= 11 is 0. The highest BCUT2D eigenvalue weighted by molar-refractivity contribution is 5.85. The van der Waals surface area contributed by atoms with Crippen molar-refractivity contribution < 1.29 is 13.2 Å². The van der Waals surface area contributed by atoms with Crippen molar-refractivity contribution in [1.82, 2.24) is 4.90 Å². The molecule has 1 saturated heterocycles. The first-order valence-corrected chi connectivity index (χ1v) is 7.00. The molecular weight excluding hydrogens is 311 g/mol. The van der Waals surface area contributed by atoms with Crippen LogP contribution in [-0.4, -0.2) is 24.5 Å². The number of hydrogen-bond acceptors (Lipinski definition) is 1. The van der Waals surface area contributed by atoms with Gasteiger partial charge in [0, 0.05) is 0 Å². The largest absolute Gasteiger partial charge is 0.416 e. The molecule has 1 heterocycles. The lowest BCUT2D eigenvalue weighted by Crippen LogP contribution is -2.33. The summed E-state index contributed by atoms with van der Waals surface area (Å²) < 4.78 is 37.4. The molecule has 0 radical (unpaired) electrons. The van der Waals surface area contributed by atoms with Crippen LogP contribution in [0.4, 0.5) is 13.2 Å². The Morgan fingerprint density at radius 2 is 1.77 bits per heavy atom. The molecule has 1 aromatic carbocycles. The molecule has 0 spiro atoms. The van der Waals surface area contributed by atoms with Gasteiger partial charge in [-0.1, -0.05) is 30.2 Å². The maximum atomic E-state index is 12.5. The number of likely N-dealkylation sites (tertiary alicyclic amines) is 1. The van der Waals surface area contributed by atoms with Gasteiger partial charge in [0.05, 0.1) is 12.1 Å². The highest BCUT2D eigenvalue weighted by atomic mass is 35.5. The van der Waals surface area contributed by atoms with Gasteiger partial charge in [-0.25, -0.2) is 0 Å². The van der Waals surface area contributed by atoms with E-state index < -0.39 is 11.7 Å². The minimum absolute atomic E-state index is 0. The van der Waals surface area contributed by atoms with E-state index in [4.69, 9.17) is 6.42 Å². The van der Waals surface area contributed by atoms with Crippen LogP contribution in [0.2, 0.25) is 0 Å². The van der Waals surface area contributed by atoms with Crippen molar-refractivity contribution in [3.05, 3.63) is 41.5 Å². The van der Waals surface area contributed by atoms with Crippen molar-refractivity contribution in [3.8, 4) is 12.3 Å². The molecule has 1 aliphatic rings. The summed E-state index contributed by atoms with van der Waals surface area (Å²) in [4.78, 5) is 2.24.